The van der Waals surface area contributed by atoms with Gasteiger partial charge in [0.2, 0.25) is 0 Å². The molecule has 0 saturated carbocycles. The van der Waals surface area contributed by atoms with Crippen LogP contribution in [0.25, 0.3) is 0 Å². The van der Waals surface area contributed by atoms with E-state index in [1.54, 1.807) is 0 Å². The predicted molar refractivity (Wildman–Crippen MR) is 60.9 cm³/mol. The summed E-state index contributed by atoms with van der Waals surface area (Å²) in [7, 11) is 0. The molecule has 0 spiro atoms. The van der Waals surface area contributed by atoms with E-state index in [1.807, 2.05) is 13.8 Å². The predicted octanol–water partition coefficient (Wildman–Crippen LogP) is 2.22. The summed E-state index contributed by atoms with van der Waals surface area (Å²) in [4.78, 5) is 13.6. The molecule has 2 unspecified atom stereocenters. The number of likely N-dealkylation sites (tertiary alicyclic amines) is 1. The SMILES string of the molecule is CCCC(C)(CN1CCC(C)C1)C(=O)O. The Morgan fingerprint density at radius 2 is 2.27 bits per heavy atom. The zero-order valence-corrected chi connectivity index (χ0v) is 10.1. The maximum absolute atomic E-state index is 11.3. The molecule has 3 nitrogen and oxygen atoms in total. The fraction of sp³-hybridized carbons (Fsp3) is 0.917. The van der Waals surface area contributed by atoms with Crippen molar-refractivity contribution in [3.63, 3.8) is 0 Å². The number of rotatable bonds is 5. The topological polar surface area (TPSA) is 40.5 Å². The number of carbonyl (C=O) groups is 1. The molecule has 1 fully saturated rings. The van der Waals surface area contributed by atoms with E-state index in [0.717, 1.165) is 31.8 Å². The van der Waals surface area contributed by atoms with Crippen LogP contribution in [0.4, 0.5) is 0 Å². The highest BCUT2D eigenvalue weighted by molar-refractivity contribution is 5.74. The van der Waals surface area contributed by atoms with Crippen LogP contribution in [0.2, 0.25) is 0 Å². The molecule has 1 aliphatic heterocycles. The molecule has 1 rings (SSSR count). The Kier molecular flexibility index (Phi) is 4.14. The van der Waals surface area contributed by atoms with Crippen molar-refractivity contribution in [3.8, 4) is 0 Å². The zero-order valence-electron chi connectivity index (χ0n) is 10.1. The smallest absolute Gasteiger partial charge is 0.310 e. The Bertz CT molecular complexity index is 230. The molecule has 0 aromatic heterocycles. The lowest BCUT2D eigenvalue weighted by Crippen LogP contribution is -2.40. The summed E-state index contributed by atoms with van der Waals surface area (Å²) in [5.41, 5.74) is -0.557. The van der Waals surface area contributed by atoms with Crippen molar-refractivity contribution < 1.29 is 9.90 Å². The van der Waals surface area contributed by atoms with Crippen molar-refractivity contribution in [2.24, 2.45) is 11.3 Å². The fourth-order valence-electron chi connectivity index (χ4n) is 2.47. The van der Waals surface area contributed by atoms with Crippen molar-refractivity contribution in [2.45, 2.75) is 40.0 Å². The van der Waals surface area contributed by atoms with E-state index in [-0.39, 0.29) is 0 Å². The van der Waals surface area contributed by atoms with Gasteiger partial charge in [0.1, 0.15) is 0 Å². The number of hydrogen-bond acceptors (Lipinski definition) is 2. The maximum atomic E-state index is 11.3. The van der Waals surface area contributed by atoms with E-state index in [9.17, 15) is 9.90 Å². The first-order valence-electron chi connectivity index (χ1n) is 5.93. The van der Waals surface area contributed by atoms with Crippen LogP contribution in [0.15, 0.2) is 0 Å². The Balaban J connectivity index is 2.55. The van der Waals surface area contributed by atoms with E-state index in [4.69, 9.17) is 0 Å². The Hall–Kier alpha value is -0.570. The third kappa shape index (κ3) is 3.20. The van der Waals surface area contributed by atoms with Gasteiger partial charge in [-0.1, -0.05) is 20.3 Å². The molecule has 2 atom stereocenters. The highest BCUT2D eigenvalue weighted by Gasteiger charge is 2.35. The Morgan fingerprint density at radius 1 is 1.60 bits per heavy atom. The fourth-order valence-corrected chi connectivity index (χ4v) is 2.47. The average molecular weight is 213 g/mol. The Labute approximate surface area is 92.5 Å². The lowest BCUT2D eigenvalue weighted by Gasteiger charge is -2.29. The lowest BCUT2D eigenvalue weighted by molar-refractivity contribution is -0.149. The summed E-state index contributed by atoms with van der Waals surface area (Å²) in [5, 5.41) is 9.26. The van der Waals surface area contributed by atoms with Crippen molar-refractivity contribution >= 4 is 5.97 Å². The van der Waals surface area contributed by atoms with Gasteiger partial charge in [-0.05, 0) is 32.2 Å². The van der Waals surface area contributed by atoms with Crippen LogP contribution >= 0.6 is 0 Å². The molecule has 15 heavy (non-hydrogen) atoms. The van der Waals surface area contributed by atoms with Gasteiger partial charge in [-0.25, -0.2) is 0 Å². The van der Waals surface area contributed by atoms with Gasteiger partial charge in [-0.3, -0.25) is 4.79 Å². The standard InChI is InChI=1S/C12H23NO2/c1-4-6-12(3,11(14)15)9-13-7-5-10(2)8-13/h10H,4-9H2,1-3H3,(H,14,15). The maximum Gasteiger partial charge on any atom is 0.310 e. The van der Waals surface area contributed by atoms with E-state index in [1.165, 1.54) is 6.42 Å². The quantitative estimate of drug-likeness (QED) is 0.761. The summed E-state index contributed by atoms with van der Waals surface area (Å²) >= 11 is 0. The molecule has 88 valence electrons. The molecule has 1 heterocycles. The molecule has 0 aliphatic carbocycles. The molecule has 1 aliphatic rings. The molecule has 0 radical (unpaired) electrons. The molecule has 0 bridgehead atoms. The summed E-state index contributed by atoms with van der Waals surface area (Å²) in [6, 6.07) is 0. The van der Waals surface area contributed by atoms with Gasteiger partial charge in [0.15, 0.2) is 0 Å². The number of aliphatic carboxylic acids is 1. The van der Waals surface area contributed by atoms with Crippen LogP contribution in [0.3, 0.4) is 0 Å². The van der Waals surface area contributed by atoms with E-state index >= 15 is 0 Å². The third-order valence-electron chi connectivity index (χ3n) is 3.40. The van der Waals surface area contributed by atoms with E-state index in [0.29, 0.717) is 6.54 Å². The molecule has 1 N–H and O–H groups in total. The lowest BCUT2D eigenvalue weighted by atomic mass is 9.85. The van der Waals surface area contributed by atoms with Crippen molar-refractivity contribution in [1.82, 2.24) is 4.90 Å². The van der Waals surface area contributed by atoms with Crippen LogP contribution in [0.1, 0.15) is 40.0 Å². The molecule has 0 aromatic rings. The molecular formula is C12H23NO2. The van der Waals surface area contributed by atoms with E-state index in [2.05, 4.69) is 11.8 Å². The first-order valence-corrected chi connectivity index (χ1v) is 5.93. The van der Waals surface area contributed by atoms with Gasteiger partial charge in [0.25, 0.3) is 0 Å². The highest BCUT2D eigenvalue weighted by atomic mass is 16.4. The first-order chi connectivity index (χ1) is 6.98. The van der Waals surface area contributed by atoms with Crippen molar-refractivity contribution in [1.29, 1.82) is 0 Å². The minimum atomic E-state index is -0.649. The van der Waals surface area contributed by atoms with E-state index < -0.39 is 11.4 Å². The van der Waals surface area contributed by atoms with Crippen LogP contribution in [0, 0.1) is 11.3 Å². The summed E-state index contributed by atoms with van der Waals surface area (Å²) in [5.74, 6) is 0.0774. The van der Waals surface area contributed by atoms with Crippen LogP contribution < -0.4 is 0 Å². The summed E-state index contributed by atoms with van der Waals surface area (Å²) in [6.07, 6.45) is 2.92. The van der Waals surface area contributed by atoms with Crippen LogP contribution in [-0.4, -0.2) is 35.6 Å². The molecule has 1 saturated heterocycles. The number of hydrogen-bond donors (Lipinski definition) is 1. The van der Waals surface area contributed by atoms with Gasteiger partial charge < -0.3 is 10.0 Å². The summed E-state index contributed by atoms with van der Waals surface area (Å²) < 4.78 is 0. The second kappa shape index (κ2) is 4.97. The second-order valence-electron chi connectivity index (χ2n) is 5.24. The normalized spacial score (nSPS) is 26.5. The molecule has 0 aromatic carbocycles. The Morgan fingerprint density at radius 3 is 2.67 bits per heavy atom. The summed E-state index contributed by atoms with van der Waals surface area (Å²) in [6.45, 7) is 8.99. The largest absolute Gasteiger partial charge is 0.481 e. The minimum Gasteiger partial charge on any atom is -0.481 e. The number of carboxylic acids is 1. The first kappa shape index (κ1) is 12.5. The molecular weight excluding hydrogens is 190 g/mol. The van der Waals surface area contributed by atoms with Gasteiger partial charge in [-0.15, -0.1) is 0 Å². The van der Waals surface area contributed by atoms with Crippen LogP contribution in [0.5, 0.6) is 0 Å². The van der Waals surface area contributed by atoms with Crippen molar-refractivity contribution in [2.75, 3.05) is 19.6 Å². The third-order valence-corrected chi connectivity index (χ3v) is 3.40. The molecule has 3 heteroatoms. The average Bonchev–Trinajstić information content (AvgIpc) is 2.51. The van der Waals surface area contributed by atoms with Gasteiger partial charge in [0.05, 0.1) is 5.41 Å². The minimum absolute atomic E-state index is 0.557. The highest BCUT2D eigenvalue weighted by Crippen LogP contribution is 2.27. The number of carboxylic acid groups (broad SMARTS) is 1. The second-order valence-corrected chi connectivity index (χ2v) is 5.24. The van der Waals surface area contributed by atoms with Crippen molar-refractivity contribution in [3.05, 3.63) is 0 Å². The monoisotopic (exact) mass is 213 g/mol. The van der Waals surface area contributed by atoms with Gasteiger partial charge in [-0.2, -0.15) is 0 Å². The zero-order chi connectivity index (χ0) is 11.5. The molecule has 0 amide bonds. The van der Waals surface area contributed by atoms with Crippen LogP contribution in [-0.2, 0) is 4.79 Å². The number of nitrogens with zero attached hydrogens (tertiary/aromatic N) is 1. The van der Waals surface area contributed by atoms with Gasteiger partial charge >= 0.3 is 5.97 Å². The van der Waals surface area contributed by atoms with Gasteiger partial charge in [0, 0.05) is 13.1 Å².